The third-order valence-electron chi connectivity index (χ3n) is 6.41. The smallest absolute Gasteiger partial charge is 0.272 e. The molecule has 0 saturated carbocycles. The molecule has 2 aromatic carbocycles. The standard InChI is InChI=1S/C26H21N3O4S2/c1-15-10-22-20-11-16(14-35(2,32)33)6-7-21(20)28(13-17-12-27-25(30)24(15)29(17)22)26(31)19-4-3-5-23-18(19)8-9-34-23/h3-12H,13-14H2,1-2H3,(H,27,30). The molecule has 0 fully saturated rings. The first-order valence-corrected chi connectivity index (χ1v) is 14.0. The Labute approximate surface area is 205 Å². The zero-order chi connectivity index (χ0) is 24.5. The minimum absolute atomic E-state index is 0.113. The highest BCUT2D eigenvalue weighted by Gasteiger charge is 2.29. The van der Waals surface area contributed by atoms with Crippen molar-refractivity contribution in [1.82, 2.24) is 9.38 Å². The van der Waals surface area contributed by atoms with Gasteiger partial charge in [-0.25, -0.2) is 8.42 Å². The molecule has 7 nitrogen and oxygen atoms in total. The lowest BCUT2D eigenvalue weighted by atomic mass is 10.0. The van der Waals surface area contributed by atoms with Gasteiger partial charge in [0.25, 0.3) is 11.5 Å². The summed E-state index contributed by atoms with van der Waals surface area (Å²) in [4.78, 5) is 31.2. The summed E-state index contributed by atoms with van der Waals surface area (Å²) in [5, 5.41) is 2.86. The number of aromatic amines is 1. The van der Waals surface area contributed by atoms with Crippen molar-refractivity contribution in [2.24, 2.45) is 0 Å². The summed E-state index contributed by atoms with van der Waals surface area (Å²) in [5.74, 6) is -0.272. The summed E-state index contributed by atoms with van der Waals surface area (Å²) in [7, 11) is -3.26. The van der Waals surface area contributed by atoms with Crippen molar-refractivity contribution < 1.29 is 13.2 Å². The Bertz CT molecular complexity index is 1840. The van der Waals surface area contributed by atoms with Crippen LogP contribution in [-0.2, 0) is 22.1 Å². The predicted molar refractivity (Wildman–Crippen MR) is 139 cm³/mol. The third-order valence-corrected chi connectivity index (χ3v) is 8.15. The maximum atomic E-state index is 14.0. The summed E-state index contributed by atoms with van der Waals surface area (Å²) >= 11 is 1.58. The minimum Gasteiger partial charge on any atom is -0.325 e. The maximum absolute atomic E-state index is 14.0. The van der Waals surface area contributed by atoms with E-state index in [-0.39, 0.29) is 23.8 Å². The van der Waals surface area contributed by atoms with E-state index in [0.717, 1.165) is 27.0 Å². The van der Waals surface area contributed by atoms with Crippen molar-refractivity contribution in [3.8, 4) is 11.3 Å². The van der Waals surface area contributed by atoms with Gasteiger partial charge in [0.05, 0.1) is 29.4 Å². The zero-order valence-electron chi connectivity index (χ0n) is 19.0. The molecule has 1 N–H and O–H groups in total. The quantitative estimate of drug-likeness (QED) is 0.392. The highest BCUT2D eigenvalue weighted by atomic mass is 32.2. The number of aromatic nitrogens is 2. The van der Waals surface area contributed by atoms with Gasteiger partial charge in [0.1, 0.15) is 5.52 Å². The summed E-state index contributed by atoms with van der Waals surface area (Å²) < 4.78 is 26.9. The molecule has 176 valence electrons. The number of hydrogen-bond acceptors (Lipinski definition) is 5. The molecule has 0 atom stereocenters. The van der Waals surface area contributed by atoms with E-state index in [1.165, 1.54) is 6.26 Å². The second-order valence-corrected chi connectivity index (χ2v) is 12.0. The molecule has 1 aliphatic rings. The Balaban J connectivity index is 1.62. The maximum Gasteiger partial charge on any atom is 0.272 e. The summed E-state index contributed by atoms with van der Waals surface area (Å²) in [6.45, 7) is 2.12. The minimum atomic E-state index is -3.26. The number of anilines is 1. The number of carbonyl (C=O) groups excluding carboxylic acids is 1. The number of aryl methyl sites for hydroxylation is 1. The third kappa shape index (κ3) is 3.50. The van der Waals surface area contributed by atoms with Gasteiger partial charge in [-0.2, -0.15) is 0 Å². The van der Waals surface area contributed by atoms with Crippen molar-refractivity contribution in [2.75, 3.05) is 11.2 Å². The second-order valence-electron chi connectivity index (χ2n) is 8.96. The molecule has 0 spiro atoms. The van der Waals surface area contributed by atoms with Crippen LogP contribution >= 0.6 is 11.3 Å². The average molecular weight is 504 g/mol. The van der Waals surface area contributed by atoms with E-state index in [4.69, 9.17) is 0 Å². The SMILES string of the molecule is Cc1cc2n3c(c[nH]c(=O)c13)CN(C(=O)c1cccc3sccc13)c1ccc(CS(C)(=O)=O)cc1-2. The van der Waals surface area contributed by atoms with Gasteiger partial charge >= 0.3 is 0 Å². The molecule has 0 bridgehead atoms. The van der Waals surface area contributed by atoms with Gasteiger partial charge in [0.15, 0.2) is 9.84 Å². The molecule has 5 aromatic rings. The number of H-pyrrole nitrogens is 1. The number of thiophene rings is 1. The fourth-order valence-electron chi connectivity index (χ4n) is 4.98. The van der Waals surface area contributed by atoms with Gasteiger partial charge in [-0.05, 0) is 59.8 Å². The van der Waals surface area contributed by atoms with Crippen LogP contribution in [0.1, 0.15) is 27.2 Å². The lowest BCUT2D eigenvalue weighted by Gasteiger charge is -2.24. The van der Waals surface area contributed by atoms with Crippen LogP contribution in [0.3, 0.4) is 0 Å². The molecule has 1 amide bonds. The molecule has 1 aliphatic heterocycles. The van der Waals surface area contributed by atoms with E-state index in [0.29, 0.717) is 27.9 Å². The van der Waals surface area contributed by atoms with Gasteiger partial charge in [-0.15, -0.1) is 11.3 Å². The van der Waals surface area contributed by atoms with Gasteiger partial charge in [-0.1, -0.05) is 12.1 Å². The number of hydrogen-bond donors (Lipinski definition) is 1. The van der Waals surface area contributed by atoms with Crippen LogP contribution in [0.25, 0.3) is 26.9 Å². The molecule has 9 heteroatoms. The van der Waals surface area contributed by atoms with Crippen LogP contribution < -0.4 is 10.5 Å². The lowest BCUT2D eigenvalue weighted by molar-refractivity contribution is 0.0986. The number of rotatable bonds is 3. The van der Waals surface area contributed by atoms with Crippen LogP contribution in [0.4, 0.5) is 5.69 Å². The van der Waals surface area contributed by atoms with Crippen LogP contribution in [0.2, 0.25) is 0 Å². The van der Waals surface area contributed by atoms with Crippen LogP contribution in [0.15, 0.2) is 64.9 Å². The molecule has 4 heterocycles. The van der Waals surface area contributed by atoms with Crippen molar-refractivity contribution in [1.29, 1.82) is 0 Å². The van der Waals surface area contributed by atoms with Crippen LogP contribution in [-0.4, -0.2) is 30.0 Å². The molecule has 0 aliphatic carbocycles. The van der Waals surface area contributed by atoms with Gasteiger partial charge < -0.3 is 14.3 Å². The fraction of sp³-hybridized carbons (Fsp3) is 0.154. The molecule has 35 heavy (non-hydrogen) atoms. The second kappa shape index (κ2) is 7.66. The van der Waals surface area contributed by atoms with E-state index in [1.807, 2.05) is 59.2 Å². The molecule has 0 unspecified atom stereocenters. The van der Waals surface area contributed by atoms with Gasteiger partial charge in [0.2, 0.25) is 0 Å². The largest absolute Gasteiger partial charge is 0.325 e. The van der Waals surface area contributed by atoms with Crippen LogP contribution in [0.5, 0.6) is 0 Å². The average Bonchev–Trinajstić information content (AvgIpc) is 3.39. The van der Waals surface area contributed by atoms with Gasteiger partial charge in [-0.3, -0.25) is 9.59 Å². The first-order valence-electron chi connectivity index (χ1n) is 11.0. The number of nitrogens with one attached hydrogen (secondary N) is 1. The van der Waals surface area contributed by atoms with E-state index >= 15 is 0 Å². The number of benzene rings is 2. The van der Waals surface area contributed by atoms with Crippen molar-refractivity contribution in [2.45, 2.75) is 19.2 Å². The number of sulfone groups is 1. The molecule has 0 radical (unpaired) electrons. The first-order chi connectivity index (χ1) is 16.7. The summed E-state index contributed by atoms with van der Waals surface area (Å²) in [5.41, 5.74) is 5.23. The summed E-state index contributed by atoms with van der Waals surface area (Å²) in [6.07, 6.45) is 2.84. The van der Waals surface area contributed by atoms with E-state index in [1.54, 1.807) is 28.5 Å². The zero-order valence-corrected chi connectivity index (χ0v) is 20.7. The monoisotopic (exact) mass is 503 g/mol. The molecule has 0 saturated heterocycles. The number of fused-ring (bicyclic) bond motifs is 3. The highest BCUT2D eigenvalue weighted by molar-refractivity contribution is 7.89. The van der Waals surface area contributed by atoms with Crippen molar-refractivity contribution in [3.63, 3.8) is 0 Å². The Hall–Kier alpha value is -3.69. The molecular weight excluding hydrogens is 482 g/mol. The Morgan fingerprint density at radius 1 is 1.14 bits per heavy atom. The number of nitrogens with zero attached hydrogens (tertiary/aromatic N) is 2. The van der Waals surface area contributed by atoms with Crippen molar-refractivity contribution >= 4 is 48.4 Å². The normalized spacial score (nSPS) is 13.3. The summed E-state index contributed by atoms with van der Waals surface area (Å²) in [6, 6.07) is 15.0. The molecular formula is C26H21N3O4S2. The Kier molecular flexibility index (Phi) is 4.77. The lowest BCUT2D eigenvalue weighted by Crippen LogP contribution is -2.31. The highest BCUT2D eigenvalue weighted by Crippen LogP contribution is 2.39. The Morgan fingerprint density at radius 2 is 1.97 bits per heavy atom. The topological polar surface area (TPSA) is 91.7 Å². The molecule has 3 aromatic heterocycles. The van der Waals surface area contributed by atoms with Gasteiger partial charge in [0, 0.05) is 33.7 Å². The number of carbonyl (C=O) groups is 1. The fourth-order valence-corrected chi connectivity index (χ4v) is 6.58. The van der Waals surface area contributed by atoms with E-state index in [9.17, 15) is 18.0 Å². The van der Waals surface area contributed by atoms with Crippen molar-refractivity contribution in [3.05, 3.63) is 92.8 Å². The first kappa shape index (κ1) is 21.8. The van der Waals surface area contributed by atoms with Crippen LogP contribution in [0, 0.1) is 6.92 Å². The molecule has 6 rings (SSSR count). The van der Waals surface area contributed by atoms with E-state index < -0.39 is 9.84 Å². The number of amides is 1. The van der Waals surface area contributed by atoms with E-state index in [2.05, 4.69) is 4.98 Å². The predicted octanol–water partition coefficient (Wildman–Crippen LogP) is 4.52. The Morgan fingerprint density at radius 3 is 2.77 bits per heavy atom.